The topological polar surface area (TPSA) is 67.9 Å². The van der Waals surface area contributed by atoms with E-state index in [0.717, 1.165) is 4.90 Å². The number of nitrogens with one attached hydrogen (secondary N) is 1. The van der Waals surface area contributed by atoms with Gasteiger partial charge in [0.1, 0.15) is 18.5 Å². The van der Waals surface area contributed by atoms with E-state index in [1.165, 1.54) is 28.8 Å². The Morgan fingerprint density at radius 3 is 2.79 bits per heavy atom. The molecule has 2 heterocycles. The third-order valence-electron chi connectivity index (χ3n) is 5.60. The van der Waals surface area contributed by atoms with Crippen LogP contribution in [0.1, 0.15) is 15.9 Å². The number of hydrogen-bond donors (Lipinski definition) is 1. The average Bonchev–Trinajstić information content (AvgIpc) is 2.85. The molecule has 0 unspecified atom stereocenters. The molecule has 0 aromatic heterocycles. The van der Waals surface area contributed by atoms with E-state index < -0.39 is 5.82 Å². The Balaban J connectivity index is 1.31. The molecule has 0 bridgehead atoms. The van der Waals surface area contributed by atoms with Gasteiger partial charge in [-0.3, -0.25) is 9.59 Å². The number of para-hydroxylation sites is 2. The summed E-state index contributed by atoms with van der Waals surface area (Å²) in [5.74, 6) is 0.574. The van der Waals surface area contributed by atoms with E-state index >= 15 is 0 Å². The molecule has 0 fully saturated rings. The lowest BCUT2D eigenvalue weighted by atomic mass is 10.1. The number of nitrogens with zero attached hydrogens (tertiary/aromatic N) is 1. The van der Waals surface area contributed by atoms with Crippen LogP contribution in [0.2, 0.25) is 5.02 Å². The van der Waals surface area contributed by atoms with E-state index in [-0.39, 0.29) is 47.3 Å². The second-order valence-corrected chi connectivity index (χ2v) is 9.28. The number of hydrogen-bond acceptors (Lipinski definition) is 5. The summed E-state index contributed by atoms with van der Waals surface area (Å²) in [6, 6.07) is 16.9. The van der Waals surface area contributed by atoms with Crippen LogP contribution < -0.4 is 19.7 Å². The van der Waals surface area contributed by atoms with Crippen LogP contribution in [0.5, 0.6) is 11.5 Å². The SMILES string of the molecule is O=C(NC[C@H]1COc2ccccc2O1)c1ccc2c(c1)N(Cc1c(F)cccc1Cl)C(=O)CS2. The predicted molar refractivity (Wildman–Crippen MR) is 128 cm³/mol. The van der Waals surface area contributed by atoms with Gasteiger partial charge in [-0.1, -0.05) is 29.8 Å². The van der Waals surface area contributed by atoms with Crippen LogP contribution in [0.3, 0.4) is 0 Å². The van der Waals surface area contributed by atoms with Crippen molar-refractivity contribution in [2.45, 2.75) is 17.5 Å². The number of anilines is 1. The fraction of sp³-hybridized carbons (Fsp3) is 0.200. The minimum Gasteiger partial charge on any atom is -0.486 e. The third-order valence-corrected chi connectivity index (χ3v) is 7.00. The Morgan fingerprint density at radius 2 is 1.97 bits per heavy atom. The summed E-state index contributed by atoms with van der Waals surface area (Å²) in [5.41, 5.74) is 1.18. The van der Waals surface area contributed by atoms with E-state index in [9.17, 15) is 14.0 Å². The van der Waals surface area contributed by atoms with Crippen LogP contribution >= 0.6 is 23.4 Å². The molecule has 2 amide bonds. The highest BCUT2D eigenvalue weighted by Gasteiger charge is 2.28. The molecular formula is C25H20ClFN2O4S. The molecule has 0 radical (unpaired) electrons. The van der Waals surface area contributed by atoms with Crippen molar-refractivity contribution in [1.82, 2.24) is 5.32 Å². The minimum absolute atomic E-state index is 0.0182. The number of amides is 2. The fourth-order valence-corrected chi connectivity index (χ4v) is 4.97. The number of rotatable bonds is 5. The smallest absolute Gasteiger partial charge is 0.251 e. The van der Waals surface area contributed by atoms with Crippen LogP contribution in [0.15, 0.2) is 65.6 Å². The minimum atomic E-state index is -0.481. The number of benzene rings is 3. The van der Waals surface area contributed by atoms with E-state index in [1.807, 2.05) is 24.3 Å². The van der Waals surface area contributed by atoms with Gasteiger partial charge in [-0.2, -0.15) is 0 Å². The molecule has 0 aliphatic carbocycles. The number of carbonyl (C=O) groups is 2. The zero-order chi connectivity index (χ0) is 23.7. The van der Waals surface area contributed by atoms with Crippen LogP contribution in [0, 0.1) is 5.82 Å². The first-order valence-corrected chi connectivity index (χ1v) is 12.0. The maximum atomic E-state index is 14.4. The second-order valence-electron chi connectivity index (χ2n) is 7.86. The van der Waals surface area contributed by atoms with E-state index in [1.54, 1.807) is 24.3 Å². The number of ether oxygens (including phenoxy) is 2. The zero-order valence-electron chi connectivity index (χ0n) is 17.9. The van der Waals surface area contributed by atoms with Gasteiger partial charge in [0.25, 0.3) is 5.91 Å². The molecule has 1 N–H and O–H groups in total. The molecule has 3 aromatic rings. The highest BCUT2D eigenvalue weighted by atomic mass is 35.5. The van der Waals surface area contributed by atoms with Crippen molar-refractivity contribution in [2.24, 2.45) is 0 Å². The van der Waals surface area contributed by atoms with Gasteiger partial charge in [0.05, 0.1) is 24.5 Å². The summed E-state index contributed by atoms with van der Waals surface area (Å²) in [6.45, 7) is 0.561. The molecule has 2 aliphatic heterocycles. The summed E-state index contributed by atoms with van der Waals surface area (Å²) in [7, 11) is 0. The van der Waals surface area contributed by atoms with Gasteiger partial charge in [0.15, 0.2) is 11.5 Å². The first-order valence-electron chi connectivity index (χ1n) is 10.7. The Hall–Kier alpha value is -3.23. The van der Waals surface area contributed by atoms with Crippen LogP contribution in [-0.2, 0) is 11.3 Å². The number of halogens is 2. The Bertz CT molecular complexity index is 1250. The van der Waals surface area contributed by atoms with E-state index in [0.29, 0.717) is 29.4 Å². The molecule has 0 saturated carbocycles. The molecule has 1 atom stereocenters. The lowest BCUT2D eigenvalue weighted by Gasteiger charge is -2.30. The van der Waals surface area contributed by atoms with Gasteiger partial charge in [-0.15, -0.1) is 11.8 Å². The summed E-state index contributed by atoms with van der Waals surface area (Å²) in [5, 5.41) is 3.11. The third kappa shape index (κ3) is 4.56. The number of fused-ring (bicyclic) bond motifs is 2. The second kappa shape index (κ2) is 9.56. The zero-order valence-corrected chi connectivity index (χ0v) is 19.5. The number of thioether (sulfide) groups is 1. The first-order chi connectivity index (χ1) is 16.5. The van der Waals surface area contributed by atoms with Gasteiger partial charge in [-0.25, -0.2) is 4.39 Å². The average molecular weight is 499 g/mol. The maximum Gasteiger partial charge on any atom is 0.251 e. The van der Waals surface area contributed by atoms with E-state index in [4.69, 9.17) is 21.1 Å². The van der Waals surface area contributed by atoms with Gasteiger partial charge in [0.2, 0.25) is 5.91 Å². The van der Waals surface area contributed by atoms with Crippen molar-refractivity contribution < 1.29 is 23.5 Å². The quantitative estimate of drug-likeness (QED) is 0.553. The number of carbonyl (C=O) groups excluding carboxylic acids is 2. The van der Waals surface area contributed by atoms with Crippen LogP contribution in [-0.4, -0.2) is 36.8 Å². The van der Waals surface area contributed by atoms with Crippen molar-refractivity contribution in [2.75, 3.05) is 23.8 Å². The summed E-state index contributed by atoms with van der Waals surface area (Å²) >= 11 is 7.57. The monoisotopic (exact) mass is 498 g/mol. The predicted octanol–water partition coefficient (Wildman–Crippen LogP) is 4.69. The maximum absolute atomic E-state index is 14.4. The van der Waals surface area contributed by atoms with Crippen molar-refractivity contribution in [1.29, 1.82) is 0 Å². The highest BCUT2D eigenvalue weighted by Crippen LogP contribution is 2.38. The van der Waals surface area contributed by atoms with Crippen LogP contribution in [0.4, 0.5) is 10.1 Å². The molecule has 3 aromatic carbocycles. The first kappa shape index (κ1) is 22.6. The Morgan fingerprint density at radius 1 is 1.15 bits per heavy atom. The van der Waals surface area contributed by atoms with Crippen molar-refractivity contribution >= 4 is 40.9 Å². The van der Waals surface area contributed by atoms with Crippen molar-refractivity contribution in [3.05, 3.63) is 82.6 Å². The van der Waals surface area contributed by atoms with Crippen molar-refractivity contribution in [3.63, 3.8) is 0 Å². The molecule has 174 valence electrons. The lowest BCUT2D eigenvalue weighted by Crippen LogP contribution is -2.41. The van der Waals surface area contributed by atoms with Gasteiger partial charge >= 0.3 is 0 Å². The van der Waals surface area contributed by atoms with E-state index in [2.05, 4.69) is 5.32 Å². The molecule has 6 nitrogen and oxygen atoms in total. The van der Waals surface area contributed by atoms with Gasteiger partial charge in [0, 0.05) is 21.0 Å². The molecule has 2 aliphatic rings. The van der Waals surface area contributed by atoms with Gasteiger partial charge in [-0.05, 0) is 42.5 Å². The molecule has 0 saturated heterocycles. The standard InChI is InChI=1S/C25H20ClFN2O4S/c26-18-4-3-5-19(27)17(18)12-29-20-10-15(8-9-23(20)34-14-24(29)30)25(31)28-11-16-13-32-21-6-1-2-7-22(21)33-16/h1-10,16H,11-14H2,(H,28,31)/t16-/m0/s1. The lowest BCUT2D eigenvalue weighted by molar-refractivity contribution is -0.116. The van der Waals surface area contributed by atoms with Gasteiger partial charge < -0.3 is 19.7 Å². The molecule has 34 heavy (non-hydrogen) atoms. The Kier molecular flexibility index (Phi) is 6.34. The largest absolute Gasteiger partial charge is 0.486 e. The molecule has 0 spiro atoms. The Labute approximate surface area is 205 Å². The van der Waals surface area contributed by atoms with Crippen molar-refractivity contribution in [3.8, 4) is 11.5 Å². The highest BCUT2D eigenvalue weighted by molar-refractivity contribution is 8.00. The molecule has 5 rings (SSSR count). The molecule has 9 heteroatoms. The normalized spacial score (nSPS) is 16.7. The summed E-state index contributed by atoms with van der Waals surface area (Å²) in [6.07, 6.45) is -0.326. The fourth-order valence-electron chi connectivity index (χ4n) is 3.83. The molecular weight excluding hydrogens is 479 g/mol. The summed E-state index contributed by atoms with van der Waals surface area (Å²) < 4.78 is 25.9. The summed E-state index contributed by atoms with van der Waals surface area (Å²) in [4.78, 5) is 27.9. The van der Waals surface area contributed by atoms with Crippen LogP contribution in [0.25, 0.3) is 0 Å².